The minimum Gasteiger partial charge on any atom is -0.467 e. The lowest BCUT2D eigenvalue weighted by molar-refractivity contribution is 0.188. The maximum Gasteiger partial charge on any atom is 0.324 e. The summed E-state index contributed by atoms with van der Waals surface area (Å²) in [7, 11) is 3.04. The Bertz CT molecular complexity index is 430. The van der Waals surface area contributed by atoms with Gasteiger partial charge in [0.05, 0.1) is 14.2 Å². The number of hydrogen-bond acceptors (Lipinski definition) is 7. The molecule has 7 heteroatoms. The quantitative estimate of drug-likeness (QED) is 0.835. The maximum absolute atomic E-state index is 5.03. The van der Waals surface area contributed by atoms with Crippen LogP contribution in [0, 0.1) is 5.41 Å². The Labute approximate surface area is 119 Å². The van der Waals surface area contributed by atoms with E-state index in [4.69, 9.17) is 9.47 Å². The Kier molecular flexibility index (Phi) is 4.59. The van der Waals surface area contributed by atoms with Crippen molar-refractivity contribution >= 4 is 5.95 Å². The third-order valence-corrected chi connectivity index (χ3v) is 3.76. The third kappa shape index (κ3) is 3.47. The van der Waals surface area contributed by atoms with Gasteiger partial charge in [-0.25, -0.2) is 0 Å². The summed E-state index contributed by atoms with van der Waals surface area (Å²) in [6.07, 6.45) is 2.44. The Balaban J connectivity index is 2.02. The van der Waals surface area contributed by atoms with E-state index in [9.17, 15) is 0 Å². The molecule has 1 aromatic heterocycles. The number of piperidine rings is 1. The molecule has 2 rings (SSSR count). The zero-order valence-corrected chi connectivity index (χ0v) is 12.6. The molecule has 0 spiro atoms. The first-order chi connectivity index (χ1) is 9.55. The van der Waals surface area contributed by atoms with Crippen molar-refractivity contribution in [3.63, 3.8) is 0 Å². The van der Waals surface area contributed by atoms with E-state index in [0.717, 1.165) is 13.1 Å². The fourth-order valence-corrected chi connectivity index (χ4v) is 2.41. The van der Waals surface area contributed by atoms with Crippen LogP contribution in [-0.2, 0) is 0 Å². The van der Waals surface area contributed by atoms with Crippen LogP contribution in [0.5, 0.6) is 12.0 Å². The lowest BCUT2D eigenvalue weighted by Crippen LogP contribution is -2.50. The summed E-state index contributed by atoms with van der Waals surface area (Å²) < 4.78 is 10.1. The second kappa shape index (κ2) is 6.21. The summed E-state index contributed by atoms with van der Waals surface area (Å²) in [5, 5.41) is 6.78. The molecule has 0 aromatic carbocycles. The van der Waals surface area contributed by atoms with E-state index in [1.54, 1.807) is 0 Å². The molecule has 7 nitrogen and oxygen atoms in total. The minimum atomic E-state index is 0.246. The Morgan fingerprint density at radius 1 is 1.20 bits per heavy atom. The van der Waals surface area contributed by atoms with Gasteiger partial charge < -0.3 is 20.1 Å². The van der Waals surface area contributed by atoms with Gasteiger partial charge in [0.25, 0.3) is 0 Å². The van der Waals surface area contributed by atoms with Crippen molar-refractivity contribution in [3.8, 4) is 12.0 Å². The normalized spacial score (nSPS) is 21.3. The number of rotatable bonds is 5. The first kappa shape index (κ1) is 14.8. The summed E-state index contributed by atoms with van der Waals surface area (Å²) in [6.45, 7) is 6.36. The second-order valence-electron chi connectivity index (χ2n) is 5.61. The van der Waals surface area contributed by atoms with Crippen molar-refractivity contribution in [2.24, 2.45) is 5.41 Å². The number of methoxy groups -OCH3 is 2. The van der Waals surface area contributed by atoms with E-state index in [1.165, 1.54) is 27.1 Å². The van der Waals surface area contributed by atoms with Crippen molar-refractivity contribution in [2.45, 2.75) is 32.7 Å². The first-order valence-electron chi connectivity index (χ1n) is 6.86. The van der Waals surface area contributed by atoms with Gasteiger partial charge in [-0.05, 0) is 24.8 Å². The molecule has 1 aliphatic rings. The highest BCUT2D eigenvalue weighted by Crippen LogP contribution is 2.30. The second-order valence-corrected chi connectivity index (χ2v) is 5.61. The molecule has 2 N–H and O–H groups in total. The summed E-state index contributed by atoms with van der Waals surface area (Å²) in [5.41, 5.74) is 0.256. The van der Waals surface area contributed by atoms with Crippen molar-refractivity contribution < 1.29 is 9.47 Å². The molecule has 1 fully saturated rings. The van der Waals surface area contributed by atoms with Crippen molar-refractivity contribution in [2.75, 3.05) is 32.6 Å². The Morgan fingerprint density at radius 3 is 2.40 bits per heavy atom. The highest BCUT2D eigenvalue weighted by atomic mass is 16.5. The van der Waals surface area contributed by atoms with E-state index in [2.05, 4.69) is 39.4 Å². The standard InChI is InChI=1S/C13H23N5O2/c1-13(2)6-5-7-14-9(13)8-15-10-16-11(19-3)18-12(17-10)20-4/h9,14H,5-8H2,1-4H3,(H,15,16,17,18). The van der Waals surface area contributed by atoms with Gasteiger partial charge in [0.2, 0.25) is 5.95 Å². The minimum absolute atomic E-state index is 0.246. The Morgan fingerprint density at radius 2 is 1.85 bits per heavy atom. The molecule has 0 saturated carbocycles. The van der Waals surface area contributed by atoms with Crippen LogP contribution < -0.4 is 20.1 Å². The zero-order chi connectivity index (χ0) is 14.6. The number of hydrogen-bond donors (Lipinski definition) is 2. The van der Waals surface area contributed by atoms with Crippen molar-refractivity contribution in [1.29, 1.82) is 0 Å². The highest BCUT2D eigenvalue weighted by molar-refractivity contribution is 5.28. The molecule has 2 heterocycles. The Hall–Kier alpha value is -1.63. The summed E-state index contributed by atoms with van der Waals surface area (Å²) in [5.74, 6) is 0.469. The molecule has 0 bridgehead atoms. The number of ether oxygens (including phenoxy) is 2. The van der Waals surface area contributed by atoms with Gasteiger partial charge in [0.15, 0.2) is 0 Å². The molecule has 1 aliphatic heterocycles. The molecule has 1 atom stereocenters. The molecule has 0 radical (unpaired) electrons. The van der Waals surface area contributed by atoms with E-state index in [0.29, 0.717) is 12.0 Å². The van der Waals surface area contributed by atoms with Crippen LogP contribution >= 0.6 is 0 Å². The fraction of sp³-hybridized carbons (Fsp3) is 0.769. The number of nitrogens with zero attached hydrogens (tertiary/aromatic N) is 3. The predicted octanol–water partition coefficient (Wildman–Crippen LogP) is 1.08. The van der Waals surface area contributed by atoms with Gasteiger partial charge in [-0.15, -0.1) is 4.98 Å². The van der Waals surface area contributed by atoms with E-state index in [1.807, 2.05) is 0 Å². The van der Waals surface area contributed by atoms with Crippen LogP contribution in [0.3, 0.4) is 0 Å². The molecule has 1 saturated heterocycles. The topological polar surface area (TPSA) is 81.2 Å². The van der Waals surface area contributed by atoms with Crippen LogP contribution in [0.4, 0.5) is 5.95 Å². The predicted molar refractivity (Wildman–Crippen MR) is 76.2 cm³/mol. The van der Waals surface area contributed by atoms with Crippen LogP contribution in [0.2, 0.25) is 0 Å². The molecular formula is C13H23N5O2. The largest absolute Gasteiger partial charge is 0.467 e. The molecular weight excluding hydrogens is 258 g/mol. The monoisotopic (exact) mass is 281 g/mol. The van der Waals surface area contributed by atoms with Gasteiger partial charge >= 0.3 is 12.0 Å². The van der Waals surface area contributed by atoms with E-state index < -0.39 is 0 Å². The van der Waals surface area contributed by atoms with Gasteiger partial charge in [0, 0.05) is 12.6 Å². The molecule has 1 unspecified atom stereocenters. The summed E-state index contributed by atoms with van der Waals surface area (Å²) in [4.78, 5) is 12.3. The van der Waals surface area contributed by atoms with Gasteiger partial charge in [-0.1, -0.05) is 13.8 Å². The lowest BCUT2D eigenvalue weighted by atomic mass is 9.77. The zero-order valence-electron chi connectivity index (χ0n) is 12.6. The average molecular weight is 281 g/mol. The van der Waals surface area contributed by atoms with Gasteiger partial charge in [-0.2, -0.15) is 9.97 Å². The smallest absolute Gasteiger partial charge is 0.324 e. The van der Waals surface area contributed by atoms with Crippen LogP contribution in [-0.4, -0.2) is 48.3 Å². The summed E-state index contributed by atoms with van der Waals surface area (Å²) in [6, 6.07) is 0.871. The van der Waals surface area contributed by atoms with Crippen molar-refractivity contribution in [3.05, 3.63) is 0 Å². The molecule has 0 aliphatic carbocycles. The van der Waals surface area contributed by atoms with Crippen molar-refractivity contribution in [1.82, 2.24) is 20.3 Å². The molecule has 0 amide bonds. The third-order valence-electron chi connectivity index (χ3n) is 3.76. The van der Waals surface area contributed by atoms with E-state index >= 15 is 0 Å². The average Bonchev–Trinajstić information content (AvgIpc) is 2.45. The summed E-state index contributed by atoms with van der Waals surface area (Å²) >= 11 is 0. The number of aromatic nitrogens is 3. The molecule has 20 heavy (non-hydrogen) atoms. The van der Waals surface area contributed by atoms with E-state index in [-0.39, 0.29) is 17.4 Å². The number of nitrogens with one attached hydrogen (secondary N) is 2. The molecule has 112 valence electrons. The van der Waals surface area contributed by atoms with Gasteiger partial charge in [0.1, 0.15) is 0 Å². The fourth-order valence-electron chi connectivity index (χ4n) is 2.41. The van der Waals surface area contributed by atoms with Gasteiger partial charge in [-0.3, -0.25) is 0 Å². The van der Waals surface area contributed by atoms with Crippen LogP contribution in [0.25, 0.3) is 0 Å². The van der Waals surface area contributed by atoms with Crippen LogP contribution in [0.15, 0.2) is 0 Å². The lowest BCUT2D eigenvalue weighted by Gasteiger charge is -2.39. The maximum atomic E-state index is 5.03. The SMILES string of the molecule is COc1nc(NCC2NCCCC2(C)C)nc(OC)n1. The molecule has 1 aromatic rings. The van der Waals surface area contributed by atoms with Crippen LogP contribution in [0.1, 0.15) is 26.7 Å². The highest BCUT2D eigenvalue weighted by Gasteiger charge is 2.31. The first-order valence-corrected chi connectivity index (χ1v) is 6.86. The number of anilines is 1.